The Morgan fingerprint density at radius 3 is 2.27 bits per heavy atom. The quantitative estimate of drug-likeness (QED) is 0.281. The molecule has 0 unspecified atom stereocenters. The van der Waals surface area contributed by atoms with E-state index < -0.39 is 0 Å². The molecule has 0 radical (unpaired) electrons. The van der Waals surface area contributed by atoms with E-state index in [1.165, 1.54) is 5.56 Å². The Kier molecular flexibility index (Phi) is 8.47. The fourth-order valence-corrected chi connectivity index (χ4v) is 5.41. The Balaban J connectivity index is 1.22. The van der Waals surface area contributed by atoms with Crippen molar-refractivity contribution in [3.05, 3.63) is 95.6 Å². The van der Waals surface area contributed by atoms with Crippen molar-refractivity contribution in [2.24, 2.45) is 13.0 Å². The second-order valence-corrected chi connectivity index (χ2v) is 11.2. The van der Waals surface area contributed by atoms with Gasteiger partial charge in [-0.1, -0.05) is 38.1 Å². The number of anilines is 2. The summed E-state index contributed by atoms with van der Waals surface area (Å²) in [6.45, 7) is 5.66. The first-order valence-corrected chi connectivity index (χ1v) is 14.3. The third-order valence-corrected chi connectivity index (χ3v) is 7.69. The van der Waals surface area contributed by atoms with Crippen molar-refractivity contribution in [1.82, 2.24) is 19.7 Å². The van der Waals surface area contributed by atoms with Gasteiger partial charge in [-0.25, -0.2) is 0 Å². The van der Waals surface area contributed by atoms with Crippen LogP contribution in [0.5, 0.6) is 0 Å². The molecule has 0 saturated carbocycles. The van der Waals surface area contributed by atoms with E-state index in [0.717, 1.165) is 41.8 Å². The summed E-state index contributed by atoms with van der Waals surface area (Å²) in [4.78, 5) is 32.8. The third kappa shape index (κ3) is 6.65. The second-order valence-electron chi connectivity index (χ2n) is 11.2. The Bertz CT molecular complexity index is 1500. The molecular weight excluding hydrogens is 512 g/mol. The largest absolute Gasteiger partial charge is 0.386 e. The Labute approximate surface area is 241 Å². The highest BCUT2D eigenvalue weighted by Gasteiger charge is 2.25. The summed E-state index contributed by atoms with van der Waals surface area (Å²) in [6.07, 6.45) is 8.19. The number of nitrogens with zero attached hydrogens (tertiary/aromatic N) is 4. The summed E-state index contributed by atoms with van der Waals surface area (Å²) in [5, 5.41) is 10.3. The molecule has 1 aliphatic rings. The summed E-state index contributed by atoms with van der Waals surface area (Å²) in [6, 6.07) is 17.8. The van der Waals surface area contributed by atoms with Crippen LogP contribution in [0.15, 0.2) is 73.2 Å². The van der Waals surface area contributed by atoms with Crippen LogP contribution in [0.3, 0.4) is 0 Å². The Morgan fingerprint density at radius 1 is 0.927 bits per heavy atom. The van der Waals surface area contributed by atoms with Crippen molar-refractivity contribution >= 4 is 23.2 Å². The smallest absolute Gasteiger partial charge is 0.257 e. The zero-order valence-electron chi connectivity index (χ0n) is 24.2. The minimum Gasteiger partial charge on any atom is -0.386 e. The number of nitrogens with one attached hydrogen (secondary N) is 2. The van der Waals surface area contributed by atoms with E-state index in [1.807, 2.05) is 47.2 Å². The lowest BCUT2D eigenvalue weighted by Crippen LogP contribution is -2.38. The number of carbonyl (C=O) groups excluding carboxylic acids is 2. The van der Waals surface area contributed by atoms with Crippen molar-refractivity contribution in [2.45, 2.75) is 39.0 Å². The molecule has 0 bridgehead atoms. The summed E-state index contributed by atoms with van der Waals surface area (Å²) >= 11 is 0. The topological polar surface area (TPSA) is 92.2 Å². The molecule has 2 amide bonds. The maximum atomic E-state index is 13.5. The molecule has 1 fully saturated rings. The first-order chi connectivity index (χ1) is 19.8. The standard InChI is InChI=1S/C33H38N6O2/c1-22(2)17-29-11-9-27(19-35-29)32(40)37-31-18-26(10-12-30(31)34-3)33(41)39-15-13-25(14-16-39)23-5-7-24(8-6-23)28-20-36-38(4)21-28/h5-12,18-22,25,34H,13-17H2,1-4H3,(H,37,40). The van der Waals surface area contributed by atoms with Crippen LogP contribution in [0.1, 0.15) is 64.6 Å². The van der Waals surface area contributed by atoms with Gasteiger partial charge in [-0.05, 0) is 72.6 Å². The molecule has 2 aromatic carbocycles. The predicted octanol–water partition coefficient (Wildman–Crippen LogP) is 5.99. The zero-order chi connectivity index (χ0) is 28.9. The van der Waals surface area contributed by atoms with E-state index in [2.05, 4.69) is 58.8 Å². The molecule has 2 N–H and O–H groups in total. The molecule has 212 valence electrons. The van der Waals surface area contributed by atoms with Crippen LogP contribution >= 0.6 is 0 Å². The minimum atomic E-state index is -0.259. The molecule has 1 saturated heterocycles. The fourth-order valence-electron chi connectivity index (χ4n) is 5.41. The number of hydrogen-bond acceptors (Lipinski definition) is 5. The van der Waals surface area contributed by atoms with Gasteiger partial charge in [0.15, 0.2) is 0 Å². The van der Waals surface area contributed by atoms with Gasteiger partial charge in [0, 0.05) is 56.4 Å². The van der Waals surface area contributed by atoms with Crippen LogP contribution in [0.2, 0.25) is 0 Å². The van der Waals surface area contributed by atoms with E-state index in [4.69, 9.17) is 0 Å². The predicted molar refractivity (Wildman–Crippen MR) is 163 cm³/mol. The van der Waals surface area contributed by atoms with E-state index in [1.54, 1.807) is 25.4 Å². The molecule has 8 heteroatoms. The van der Waals surface area contributed by atoms with Gasteiger partial charge in [0.05, 0.1) is 23.1 Å². The van der Waals surface area contributed by atoms with Gasteiger partial charge >= 0.3 is 0 Å². The highest BCUT2D eigenvalue weighted by Crippen LogP contribution is 2.31. The van der Waals surface area contributed by atoms with Gasteiger partial charge in [0.1, 0.15) is 0 Å². The number of hydrogen-bond donors (Lipinski definition) is 2. The Hall–Kier alpha value is -4.46. The summed E-state index contributed by atoms with van der Waals surface area (Å²) < 4.78 is 1.81. The third-order valence-electron chi connectivity index (χ3n) is 7.69. The van der Waals surface area contributed by atoms with Crippen LogP contribution in [-0.4, -0.2) is 51.6 Å². The number of aromatic nitrogens is 3. The number of amides is 2. The van der Waals surface area contributed by atoms with Gasteiger partial charge < -0.3 is 15.5 Å². The first-order valence-electron chi connectivity index (χ1n) is 14.3. The molecule has 0 atom stereocenters. The number of rotatable bonds is 8. The highest BCUT2D eigenvalue weighted by atomic mass is 16.2. The van der Waals surface area contributed by atoms with Crippen molar-refractivity contribution in [2.75, 3.05) is 30.8 Å². The number of aryl methyl sites for hydroxylation is 1. The highest BCUT2D eigenvalue weighted by molar-refractivity contribution is 6.07. The van der Waals surface area contributed by atoms with Gasteiger partial charge in [0.25, 0.3) is 11.8 Å². The lowest BCUT2D eigenvalue weighted by Gasteiger charge is -2.32. The van der Waals surface area contributed by atoms with E-state index in [0.29, 0.717) is 41.7 Å². The molecular formula is C33H38N6O2. The first kappa shape index (κ1) is 28.1. The maximum Gasteiger partial charge on any atom is 0.257 e. The number of pyridine rings is 1. The average Bonchev–Trinajstić information content (AvgIpc) is 3.43. The van der Waals surface area contributed by atoms with E-state index in [9.17, 15) is 9.59 Å². The number of likely N-dealkylation sites (tertiary alicyclic amines) is 1. The Morgan fingerprint density at radius 2 is 1.66 bits per heavy atom. The van der Waals surface area contributed by atoms with Gasteiger partial charge in [-0.3, -0.25) is 19.3 Å². The molecule has 8 nitrogen and oxygen atoms in total. The zero-order valence-corrected chi connectivity index (χ0v) is 24.2. The van der Waals surface area contributed by atoms with Crippen molar-refractivity contribution in [3.63, 3.8) is 0 Å². The SMILES string of the molecule is CNc1ccc(C(=O)N2CCC(c3ccc(-c4cnn(C)c4)cc3)CC2)cc1NC(=O)c1ccc(CC(C)C)nc1. The maximum absolute atomic E-state index is 13.5. The average molecular weight is 551 g/mol. The lowest BCUT2D eigenvalue weighted by molar-refractivity contribution is 0.0712. The van der Waals surface area contributed by atoms with Crippen LogP contribution in [-0.2, 0) is 13.5 Å². The molecule has 2 aromatic heterocycles. The van der Waals surface area contributed by atoms with Gasteiger partial charge in [-0.15, -0.1) is 0 Å². The normalized spacial score (nSPS) is 13.8. The van der Waals surface area contributed by atoms with E-state index in [-0.39, 0.29) is 11.8 Å². The number of benzene rings is 2. The van der Waals surface area contributed by atoms with Crippen LogP contribution in [0, 0.1) is 5.92 Å². The van der Waals surface area contributed by atoms with Crippen molar-refractivity contribution in [3.8, 4) is 11.1 Å². The van der Waals surface area contributed by atoms with Gasteiger partial charge in [-0.2, -0.15) is 5.10 Å². The summed E-state index contributed by atoms with van der Waals surface area (Å²) in [7, 11) is 3.72. The van der Waals surface area contributed by atoms with Crippen molar-refractivity contribution < 1.29 is 9.59 Å². The van der Waals surface area contributed by atoms with Crippen LogP contribution in [0.25, 0.3) is 11.1 Å². The lowest BCUT2D eigenvalue weighted by atomic mass is 9.88. The summed E-state index contributed by atoms with van der Waals surface area (Å²) in [5.41, 5.74) is 6.88. The van der Waals surface area contributed by atoms with Crippen LogP contribution in [0.4, 0.5) is 11.4 Å². The van der Waals surface area contributed by atoms with Crippen molar-refractivity contribution in [1.29, 1.82) is 0 Å². The van der Waals surface area contributed by atoms with Crippen LogP contribution < -0.4 is 10.6 Å². The molecule has 0 aliphatic carbocycles. The second kappa shape index (κ2) is 12.4. The molecule has 4 aromatic rings. The fraction of sp³-hybridized carbons (Fsp3) is 0.333. The van der Waals surface area contributed by atoms with E-state index >= 15 is 0 Å². The molecule has 3 heterocycles. The summed E-state index contributed by atoms with van der Waals surface area (Å²) in [5.74, 6) is 0.637. The molecule has 41 heavy (non-hydrogen) atoms. The molecule has 5 rings (SSSR count). The number of carbonyl (C=O) groups is 2. The minimum absolute atomic E-state index is 0.0202. The monoisotopic (exact) mass is 550 g/mol. The molecule has 1 aliphatic heterocycles. The van der Waals surface area contributed by atoms with Gasteiger partial charge in [0.2, 0.25) is 0 Å². The molecule has 0 spiro atoms. The number of piperidine rings is 1.